The van der Waals surface area contributed by atoms with Crippen LogP contribution in [0.1, 0.15) is 51.7 Å². The van der Waals surface area contributed by atoms with E-state index in [2.05, 4.69) is 17.9 Å². The molecule has 186 valence electrons. The van der Waals surface area contributed by atoms with Crippen LogP contribution in [0.4, 0.5) is 0 Å². The topological polar surface area (TPSA) is 63.2 Å². The molecule has 0 aromatic heterocycles. The minimum absolute atomic E-state index is 0.0962. The molecule has 2 aromatic rings. The Morgan fingerprint density at radius 2 is 1.74 bits per heavy atom. The third-order valence-corrected chi connectivity index (χ3v) is 6.19. The third-order valence-electron chi connectivity index (χ3n) is 6.19. The van der Waals surface area contributed by atoms with Crippen LogP contribution in [0.5, 0.6) is 17.2 Å². The molecule has 1 fully saturated rings. The van der Waals surface area contributed by atoms with E-state index in [-0.39, 0.29) is 30.5 Å². The van der Waals surface area contributed by atoms with Crippen LogP contribution in [0.15, 0.2) is 42.5 Å². The minimum Gasteiger partial charge on any atom is -0.497 e. The first-order chi connectivity index (χ1) is 16.6. The lowest BCUT2D eigenvalue weighted by molar-refractivity contribution is -0.161. The molecule has 0 radical (unpaired) electrons. The van der Waals surface area contributed by atoms with Crippen molar-refractivity contribution in [2.75, 3.05) is 20.5 Å². The summed E-state index contributed by atoms with van der Waals surface area (Å²) in [5.74, 6) is 9.22. The number of hydrogen-bond donors (Lipinski definition) is 0. The standard InChI is InChI=1S/C29H34O6/c1-28(2,3)27(30)35-29(4,5)14-13-22-23(17-32-16-19-7-10-21(31-6)11-8-19)26(22)20-9-12-24-25(15-20)34-18-33-24/h7-12,15,22-23,26H,16-18H2,1-6H3/t22?,23-,26-/m1/s1. The number of methoxy groups -OCH3 is 1. The molecular weight excluding hydrogens is 444 g/mol. The third kappa shape index (κ3) is 6.10. The molecule has 2 aromatic carbocycles. The van der Waals surface area contributed by atoms with Gasteiger partial charge in [0.1, 0.15) is 5.75 Å². The van der Waals surface area contributed by atoms with E-state index in [1.54, 1.807) is 7.11 Å². The van der Waals surface area contributed by atoms with E-state index in [0.717, 1.165) is 28.4 Å². The van der Waals surface area contributed by atoms with Crippen LogP contribution in [0.25, 0.3) is 0 Å². The Hall–Kier alpha value is -3.17. The van der Waals surface area contributed by atoms with Crippen molar-refractivity contribution in [3.63, 3.8) is 0 Å². The van der Waals surface area contributed by atoms with Crippen LogP contribution in [0.3, 0.4) is 0 Å². The van der Waals surface area contributed by atoms with Gasteiger partial charge in [-0.3, -0.25) is 4.79 Å². The van der Waals surface area contributed by atoms with E-state index in [1.807, 2.05) is 71.0 Å². The van der Waals surface area contributed by atoms with Crippen LogP contribution in [-0.2, 0) is 20.9 Å². The van der Waals surface area contributed by atoms with Crippen molar-refractivity contribution in [1.82, 2.24) is 0 Å². The number of esters is 1. The fourth-order valence-corrected chi connectivity index (χ4v) is 4.06. The summed E-state index contributed by atoms with van der Waals surface area (Å²) >= 11 is 0. The Labute approximate surface area is 207 Å². The Bertz CT molecular complexity index is 1120. The van der Waals surface area contributed by atoms with Crippen molar-refractivity contribution in [3.05, 3.63) is 53.6 Å². The van der Waals surface area contributed by atoms with Gasteiger partial charge in [0.05, 0.1) is 25.7 Å². The number of hydrogen-bond acceptors (Lipinski definition) is 6. The number of carbonyl (C=O) groups excluding carboxylic acids is 1. The van der Waals surface area contributed by atoms with E-state index >= 15 is 0 Å². The molecule has 1 aliphatic heterocycles. The van der Waals surface area contributed by atoms with E-state index < -0.39 is 11.0 Å². The molecule has 1 aliphatic carbocycles. The summed E-state index contributed by atoms with van der Waals surface area (Å²) in [5, 5.41) is 0. The maximum absolute atomic E-state index is 12.4. The van der Waals surface area contributed by atoms with E-state index in [9.17, 15) is 4.79 Å². The Balaban J connectivity index is 1.46. The predicted molar refractivity (Wildman–Crippen MR) is 132 cm³/mol. The first kappa shape index (κ1) is 24.9. The number of benzene rings is 2. The highest BCUT2D eigenvalue weighted by molar-refractivity contribution is 5.76. The van der Waals surface area contributed by atoms with Gasteiger partial charge in [-0.2, -0.15) is 0 Å². The predicted octanol–water partition coefficient (Wildman–Crippen LogP) is 5.34. The van der Waals surface area contributed by atoms with Gasteiger partial charge >= 0.3 is 5.97 Å². The first-order valence-corrected chi connectivity index (χ1v) is 11.9. The summed E-state index contributed by atoms with van der Waals surface area (Å²) in [4.78, 5) is 12.4. The fourth-order valence-electron chi connectivity index (χ4n) is 4.06. The second-order valence-electron chi connectivity index (χ2n) is 10.6. The molecule has 4 rings (SSSR count). The molecule has 1 saturated carbocycles. The molecule has 6 heteroatoms. The highest BCUT2D eigenvalue weighted by atomic mass is 16.7. The smallest absolute Gasteiger partial charge is 0.312 e. The van der Waals surface area contributed by atoms with Crippen molar-refractivity contribution < 1.29 is 28.5 Å². The molecule has 1 unspecified atom stereocenters. The molecule has 0 saturated heterocycles. The lowest BCUT2D eigenvalue weighted by Gasteiger charge is -2.24. The molecule has 3 atom stereocenters. The molecule has 0 N–H and O–H groups in total. The van der Waals surface area contributed by atoms with Crippen molar-refractivity contribution in [2.24, 2.45) is 17.3 Å². The zero-order valence-corrected chi connectivity index (χ0v) is 21.3. The van der Waals surface area contributed by atoms with Crippen molar-refractivity contribution in [1.29, 1.82) is 0 Å². The van der Waals surface area contributed by atoms with Gasteiger partial charge in [-0.05, 0) is 70.0 Å². The Morgan fingerprint density at radius 1 is 1.03 bits per heavy atom. The van der Waals surface area contributed by atoms with Crippen molar-refractivity contribution in [2.45, 2.75) is 52.7 Å². The average molecular weight is 479 g/mol. The quantitative estimate of drug-likeness (QED) is 0.395. The summed E-state index contributed by atoms with van der Waals surface area (Å²) < 4.78 is 28.0. The van der Waals surface area contributed by atoms with Crippen molar-refractivity contribution in [3.8, 4) is 29.1 Å². The van der Waals surface area contributed by atoms with Crippen LogP contribution < -0.4 is 14.2 Å². The Kier molecular flexibility index (Phi) is 7.00. The maximum atomic E-state index is 12.4. The summed E-state index contributed by atoms with van der Waals surface area (Å²) in [5.41, 5.74) is 0.784. The molecule has 0 amide bonds. The highest BCUT2D eigenvalue weighted by Gasteiger charge is 2.50. The largest absolute Gasteiger partial charge is 0.497 e. The SMILES string of the molecule is COc1ccc(COC[C@@H]2C(C#CC(C)(C)OC(=O)C(C)(C)C)[C@H]2c2ccc3c(c2)OCO3)cc1. The van der Waals surface area contributed by atoms with Gasteiger partial charge in [0.2, 0.25) is 6.79 Å². The van der Waals surface area contributed by atoms with Crippen molar-refractivity contribution >= 4 is 5.97 Å². The fraction of sp³-hybridized carbons (Fsp3) is 0.483. The van der Waals surface area contributed by atoms with Gasteiger partial charge in [-0.1, -0.05) is 30.0 Å². The lowest BCUT2D eigenvalue weighted by atomic mass is 9.96. The highest BCUT2D eigenvalue weighted by Crippen LogP contribution is 2.55. The van der Waals surface area contributed by atoms with E-state index in [1.165, 1.54) is 0 Å². The molecule has 0 spiro atoms. The van der Waals surface area contributed by atoms with Crippen LogP contribution in [0.2, 0.25) is 0 Å². The summed E-state index contributed by atoms with van der Waals surface area (Å²) in [6.45, 7) is 10.5. The molecule has 35 heavy (non-hydrogen) atoms. The van der Waals surface area contributed by atoms with Crippen LogP contribution in [-0.4, -0.2) is 32.1 Å². The average Bonchev–Trinajstić information content (AvgIpc) is 3.28. The van der Waals surface area contributed by atoms with Crippen LogP contribution in [0, 0.1) is 29.1 Å². The molecular formula is C29H34O6. The van der Waals surface area contributed by atoms with Gasteiger partial charge < -0.3 is 23.7 Å². The van der Waals surface area contributed by atoms with Gasteiger partial charge in [0.15, 0.2) is 17.1 Å². The number of carbonyl (C=O) groups is 1. The van der Waals surface area contributed by atoms with Gasteiger partial charge in [0.25, 0.3) is 0 Å². The second-order valence-corrected chi connectivity index (χ2v) is 10.6. The maximum Gasteiger partial charge on any atom is 0.312 e. The summed E-state index contributed by atoms with van der Waals surface area (Å²) in [7, 11) is 1.65. The monoisotopic (exact) mass is 478 g/mol. The van der Waals surface area contributed by atoms with Gasteiger partial charge in [-0.15, -0.1) is 0 Å². The Morgan fingerprint density at radius 3 is 2.43 bits per heavy atom. The minimum atomic E-state index is -0.874. The van der Waals surface area contributed by atoms with Gasteiger partial charge in [0, 0.05) is 17.8 Å². The first-order valence-electron chi connectivity index (χ1n) is 11.9. The number of ether oxygens (including phenoxy) is 5. The number of fused-ring (bicyclic) bond motifs is 1. The zero-order valence-electron chi connectivity index (χ0n) is 21.3. The molecule has 6 nitrogen and oxygen atoms in total. The van der Waals surface area contributed by atoms with E-state index in [4.69, 9.17) is 23.7 Å². The zero-order chi connectivity index (χ0) is 25.2. The van der Waals surface area contributed by atoms with E-state index in [0.29, 0.717) is 13.2 Å². The molecule has 2 aliphatic rings. The summed E-state index contributed by atoms with van der Waals surface area (Å²) in [6, 6.07) is 13.9. The normalized spacial score (nSPS) is 20.6. The lowest BCUT2D eigenvalue weighted by Crippen LogP contribution is -2.33. The second kappa shape index (κ2) is 9.83. The molecule has 1 heterocycles. The van der Waals surface area contributed by atoms with Crippen LogP contribution >= 0.6 is 0 Å². The molecule has 0 bridgehead atoms. The van der Waals surface area contributed by atoms with Gasteiger partial charge in [-0.25, -0.2) is 0 Å². The number of rotatable bonds is 7. The summed E-state index contributed by atoms with van der Waals surface area (Å²) in [6.07, 6.45) is 0.